The number of halogens is 1. The largest absolute Gasteiger partial charge is 0.462 e. The number of esters is 1. The van der Waals surface area contributed by atoms with Gasteiger partial charge in [0.1, 0.15) is 21.9 Å². The molecule has 0 atom stereocenters. The Morgan fingerprint density at radius 3 is 3.00 bits per heavy atom. The SMILES string of the molecule is CCOC(=O)c1sc2ncn3nc(-c4cccc(F)c4)nc3c2c1C. The van der Waals surface area contributed by atoms with Crippen molar-refractivity contribution in [3.8, 4) is 11.4 Å². The average molecular weight is 356 g/mol. The van der Waals surface area contributed by atoms with Crippen LogP contribution in [-0.2, 0) is 4.74 Å². The van der Waals surface area contributed by atoms with Gasteiger partial charge in [0.25, 0.3) is 0 Å². The number of aromatic nitrogens is 4. The average Bonchev–Trinajstić information content (AvgIpc) is 3.16. The summed E-state index contributed by atoms with van der Waals surface area (Å²) < 4.78 is 20.1. The Labute approximate surface area is 145 Å². The second kappa shape index (κ2) is 5.89. The Balaban J connectivity index is 1.93. The number of thiophene rings is 1. The molecule has 0 fully saturated rings. The molecule has 4 rings (SSSR count). The summed E-state index contributed by atoms with van der Waals surface area (Å²) in [5.74, 6) is -0.320. The van der Waals surface area contributed by atoms with Crippen LogP contribution in [0.5, 0.6) is 0 Å². The Morgan fingerprint density at radius 1 is 1.40 bits per heavy atom. The van der Waals surface area contributed by atoms with E-state index in [0.29, 0.717) is 33.3 Å². The van der Waals surface area contributed by atoms with E-state index in [4.69, 9.17) is 4.74 Å². The van der Waals surface area contributed by atoms with Crippen LogP contribution in [0.4, 0.5) is 4.39 Å². The lowest BCUT2D eigenvalue weighted by molar-refractivity contribution is 0.0531. The fourth-order valence-electron chi connectivity index (χ4n) is 2.68. The molecule has 3 heterocycles. The van der Waals surface area contributed by atoms with Crippen LogP contribution in [-0.4, -0.2) is 32.2 Å². The molecule has 3 aromatic heterocycles. The number of hydrogen-bond donors (Lipinski definition) is 0. The molecule has 0 N–H and O–H groups in total. The molecule has 0 aliphatic heterocycles. The van der Waals surface area contributed by atoms with Crippen LogP contribution >= 0.6 is 11.3 Å². The Bertz CT molecular complexity index is 1120. The van der Waals surface area contributed by atoms with Crippen LogP contribution in [0.3, 0.4) is 0 Å². The second-order valence-electron chi connectivity index (χ2n) is 5.42. The minimum Gasteiger partial charge on any atom is -0.462 e. The maximum atomic E-state index is 13.5. The van der Waals surface area contributed by atoms with E-state index in [1.807, 2.05) is 6.92 Å². The van der Waals surface area contributed by atoms with Crippen molar-refractivity contribution in [2.75, 3.05) is 6.61 Å². The van der Waals surface area contributed by atoms with Gasteiger partial charge in [0.05, 0.1) is 12.0 Å². The number of fused-ring (bicyclic) bond motifs is 3. The highest BCUT2D eigenvalue weighted by Crippen LogP contribution is 2.32. The van der Waals surface area contributed by atoms with Crippen molar-refractivity contribution >= 4 is 33.2 Å². The fourth-order valence-corrected chi connectivity index (χ4v) is 3.71. The van der Waals surface area contributed by atoms with Crippen molar-refractivity contribution in [3.05, 3.63) is 46.9 Å². The van der Waals surface area contributed by atoms with Gasteiger partial charge in [-0.3, -0.25) is 0 Å². The number of benzene rings is 1. The molecule has 0 aliphatic rings. The number of hydrogen-bond acceptors (Lipinski definition) is 6. The summed E-state index contributed by atoms with van der Waals surface area (Å²) in [5.41, 5.74) is 1.92. The van der Waals surface area contributed by atoms with E-state index in [9.17, 15) is 9.18 Å². The molecule has 1 aromatic carbocycles. The maximum absolute atomic E-state index is 13.5. The minimum atomic E-state index is -0.369. The van der Waals surface area contributed by atoms with Gasteiger partial charge in [0.15, 0.2) is 11.5 Å². The van der Waals surface area contributed by atoms with Crippen molar-refractivity contribution in [1.29, 1.82) is 0 Å². The van der Waals surface area contributed by atoms with Gasteiger partial charge in [-0.05, 0) is 31.5 Å². The van der Waals surface area contributed by atoms with Gasteiger partial charge < -0.3 is 4.74 Å². The summed E-state index contributed by atoms with van der Waals surface area (Å²) in [6.45, 7) is 3.91. The normalized spacial score (nSPS) is 11.3. The standard InChI is InChI=1S/C17H13FN4O2S/c1-3-24-17(23)13-9(2)12-15-20-14(10-5-4-6-11(18)7-10)21-22(15)8-19-16(12)25-13/h4-8H,3H2,1-2H3. The molecule has 126 valence electrons. The molecule has 0 saturated carbocycles. The van der Waals surface area contributed by atoms with Crippen molar-refractivity contribution in [2.45, 2.75) is 13.8 Å². The van der Waals surface area contributed by atoms with Crippen LogP contribution in [0, 0.1) is 12.7 Å². The highest BCUT2D eigenvalue weighted by molar-refractivity contribution is 7.20. The van der Waals surface area contributed by atoms with Gasteiger partial charge in [-0.1, -0.05) is 12.1 Å². The Morgan fingerprint density at radius 2 is 2.24 bits per heavy atom. The fraction of sp³-hybridized carbons (Fsp3) is 0.176. The smallest absolute Gasteiger partial charge is 0.348 e. The summed E-state index contributed by atoms with van der Waals surface area (Å²) in [5, 5.41) is 5.13. The molecule has 0 spiro atoms. The summed E-state index contributed by atoms with van der Waals surface area (Å²) in [4.78, 5) is 22.2. The molecule has 4 aromatic rings. The lowest BCUT2D eigenvalue weighted by Crippen LogP contribution is -2.03. The van der Waals surface area contributed by atoms with E-state index in [0.717, 1.165) is 10.9 Å². The number of aryl methyl sites for hydroxylation is 1. The quantitative estimate of drug-likeness (QED) is 0.524. The highest BCUT2D eigenvalue weighted by atomic mass is 32.1. The monoisotopic (exact) mass is 356 g/mol. The molecule has 0 amide bonds. The first-order chi connectivity index (χ1) is 12.1. The van der Waals surface area contributed by atoms with E-state index in [1.165, 1.54) is 28.0 Å². The summed E-state index contributed by atoms with van der Waals surface area (Å²) in [6, 6.07) is 6.10. The summed E-state index contributed by atoms with van der Waals surface area (Å²) >= 11 is 1.27. The van der Waals surface area contributed by atoms with Crippen LogP contribution < -0.4 is 0 Å². The van der Waals surface area contributed by atoms with Crippen molar-refractivity contribution in [1.82, 2.24) is 19.6 Å². The summed E-state index contributed by atoms with van der Waals surface area (Å²) in [6.07, 6.45) is 1.54. The van der Waals surface area contributed by atoms with Crippen LogP contribution in [0.15, 0.2) is 30.6 Å². The maximum Gasteiger partial charge on any atom is 0.348 e. The molecular weight excluding hydrogens is 343 g/mol. The molecule has 0 unspecified atom stereocenters. The van der Waals surface area contributed by atoms with E-state index >= 15 is 0 Å². The Hall–Kier alpha value is -2.87. The highest BCUT2D eigenvalue weighted by Gasteiger charge is 2.21. The molecule has 0 bridgehead atoms. The van der Waals surface area contributed by atoms with Gasteiger partial charge in [-0.2, -0.15) is 0 Å². The van der Waals surface area contributed by atoms with Crippen LogP contribution in [0.1, 0.15) is 22.2 Å². The molecule has 25 heavy (non-hydrogen) atoms. The molecule has 0 aliphatic carbocycles. The van der Waals surface area contributed by atoms with E-state index in [-0.39, 0.29) is 11.8 Å². The number of ether oxygens (including phenoxy) is 1. The topological polar surface area (TPSA) is 69.4 Å². The molecule has 6 nitrogen and oxygen atoms in total. The third-order valence-electron chi connectivity index (χ3n) is 3.81. The number of nitrogens with zero attached hydrogens (tertiary/aromatic N) is 4. The number of carbonyl (C=O) groups excluding carboxylic acids is 1. The zero-order valence-corrected chi connectivity index (χ0v) is 14.3. The number of rotatable bonds is 3. The van der Waals surface area contributed by atoms with Gasteiger partial charge in [0.2, 0.25) is 0 Å². The zero-order valence-electron chi connectivity index (χ0n) is 13.5. The zero-order chi connectivity index (χ0) is 17.6. The van der Waals surface area contributed by atoms with Gasteiger partial charge in [-0.25, -0.2) is 23.7 Å². The number of carbonyl (C=O) groups is 1. The van der Waals surface area contributed by atoms with E-state index < -0.39 is 0 Å². The predicted molar refractivity (Wildman–Crippen MR) is 92.3 cm³/mol. The van der Waals surface area contributed by atoms with Crippen molar-refractivity contribution in [2.24, 2.45) is 0 Å². The molecule has 8 heteroatoms. The van der Waals surface area contributed by atoms with Gasteiger partial charge in [-0.15, -0.1) is 16.4 Å². The molecule has 0 radical (unpaired) electrons. The molecular formula is C17H13FN4O2S. The lowest BCUT2D eigenvalue weighted by atomic mass is 10.2. The van der Waals surface area contributed by atoms with E-state index in [2.05, 4.69) is 15.1 Å². The van der Waals surface area contributed by atoms with Gasteiger partial charge in [0, 0.05) is 5.56 Å². The lowest BCUT2D eigenvalue weighted by Gasteiger charge is -1.99. The van der Waals surface area contributed by atoms with Gasteiger partial charge >= 0.3 is 5.97 Å². The first kappa shape index (κ1) is 15.6. The van der Waals surface area contributed by atoms with Crippen molar-refractivity contribution in [3.63, 3.8) is 0 Å². The van der Waals surface area contributed by atoms with Crippen molar-refractivity contribution < 1.29 is 13.9 Å². The third-order valence-corrected chi connectivity index (χ3v) is 4.99. The van der Waals surface area contributed by atoms with Crippen LogP contribution in [0.25, 0.3) is 27.3 Å². The molecule has 0 saturated heterocycles. The minimum absolute atomic E-state index is 0.310. The summed E-state index contributed by atoms with van der Waals surface area (Å²) in [7, 11) is 0. The third kappa shape index (κ3) is 2.54. The Kier molecular flexibility index (Phi) is 3.69. The van der Waals surface area contributed by atoms with E-state index in [1.54, 1.807) is 25.4 Å². The first-order valence-corrected chi connectivity index (χ1v) is 8.47. The predicted octanol–water partition coefficient (Wildman–Crippen LogP) is 3.63. The second-order valence-corrected chi connectivity index (χ2v) is 6.41. The first-order valence-electron chi connectivity index (χ1n) is 7.66. The van der Waals surface area contributed by atoms with Crippen LogP contribution in [0.2, 0.25) is 0 Å².